The van der Waals surface area contributed by atoms with Crippen LogP contribution in [0.3, 0.4) is 0 Å². The van der Waals surface area contributed by atoms with Crippen molar-refractivity contribution in [1.82, 2.24) is 40.1 Å². The molecule has 3 aromatic heterocycles. The number of carbonyl (C=O) groups excluding carboxylic acids is 5. The summed E-state index contributed by atoms with van der Waals surface area (Å²) in [5.74, 6) is -1.99. The van der Waals surface area contributed by atoms with Crippen LogP contribution in [0.1, 0.15) is 76.3 Å². The first-order valence-corrected chi connectivity index (χ1v) is 22.7. The highest BCUT2D eigenvalue weighted by molar-refractivity contribution is 7.10. The Kier molecular flexibility index (Phi) is 12.1. The first-order chi connectivity index (χ1) is 30.0. The average molecular weight is 879 g/mol. The second-order valence-electron chi connectivity index (χ2n) is 18.7. The summed E-state index contributed by atoms with van der Waals surface area (Å²) in [5, 5.41) is 8.11. The summed E-state index contributed by atoms with van der Waals surface area (Å²) in [7, 11) is 3.73. The number of nitrogens with one attached hydrogen (secondary N) is 2. The Labute approximate surface area is 372 Å². The number of amides is 4. The highest BCUT2D eigenvalue weighted by Gasteiger charge is 2.57. The molecule has 2 N–H and O–H groups in total. The van der Waals surface area contributed by atoms with Crippen molar-refractivity contribution < 1.29 is 33.4 Å². The molecule has 4 aliphatic rings. The molecule has 4 atom stereocenters. The third kappa shape index (κ3) is 8.28. The fraction of sp³-hybridized carbons (Fsp3) is 0.511. The number of aryl methyl sites for hydroxylation is 1. The molecule has 15 nitrogen and oxygen atoms in total. The lowest BCUT2D eigenvalue weighted by molar-refractivity contribution is -0.156. The number of pyridine rings is 1. The van der Waals surface area contributed by atoms with Gasteiger partial charge in [-0.2, -0.15) is 0 Å². The Morgan fingerprint density at radius 1 is 1.13 bits per heavy atom. The number of carbonyl (C=O) groups is 5. The average Bonchev–Trinajstić information content (AvgIpc) is 3.94. The van der Waals surface area contributed by atoms with E-state index in [2.05, 4.69) is 61.0 Å². The number of rotatable bonds is 8. The smallest absolute Gasteiger partial charge is 0.324 e. The van der Waals surface area contributed by atoms with Gasteiger partial charge in [0.2, 0.25) is 17.7 Å². The topological polar surface area (TPSA) is 168 Å². The maximum atomic E-state index is 14.6. The van der Waals surface area contributed by atoms with Crippen LogP contribution in [0.2, 0.25) is 0 Å². The van der Waals surface area contributed by atoms with Crippen molar-refractivity contribution in [2.45, 2.75) is 91.0 Å². The zero-order valence-electron chi connectivity index (χ0n) is 37.2. The normalized spacial score (nSPS) is 22.2. The van der Waals surface area contributed by atoms with Crippen LogP contribution in [0, 0.1) is 16.7 Å². The molecule has 3 saturated heterocycles. The van der Waals surface area contributed by atoms with Gasteiger partial charge < -0.3 is 29.2 Å². The number of cyclic esters (lactones) is 1. The predicted molar refractivity (Wildman–Crippen MR) is 239 cm³/mol. The van der Waals surface area contributed by atoms with Crippen molar-refractivity contribution in [1.29, 1.82) is 0 Å². The highest BCUT2D eigenvalue weighted by Crippen LogP contribution is 2.43. The first-order valence-electron chi connectivity index (χ1n) is 21.9. The molecule has 6 bridgehead atoms. The number of esters is 1. The van der Waals surface area contributed by atoms with Crippen LogP contribution < -0.4 is 10.7 Å². The van der Waals surface area contributed by atoms with E-state index in [0.29, 0.717) is 43.8 Å². The number of hydrazine groups is 1. The minimum Gasteiger partial charge on any atom is -0.464 e. The molecule has 0 saturated carbocycles. The minimum atomic E-state index is -1.07. The van der Waals surface area contributed by atoms with Crippen LogP contribution in [0.5, 0.6) is 0 Å². The van der Waals surface area contributed by atoms with Crippen LogP contribution >= 0.6 is 11.3 Å². The van der Waals surface area contributed by atoms with E-state index in [-0.39, 0.29) is 50.0 Å². The molecule has 16 heteroatoms. The summed E-state index contributed by atoms with van der Waals surface area (Å²) in [6.07, 6.45) is 4.96. The number of fused-ring (bicyclic) bond motifs is 6. The summed E-state index contributed by atoms with van der Waals surface area (Å²) in [4.78, 5) is 82.2. The van der Waals surface area contributed by atoms with Gasteiger partial charge in [-0.15, -0.1) is 11.3 Å². The Morgan fingerprint density at radius 3 is 2.63 bits per heavy atom. The number of ether oxygens (including phenoxy) is 2. The van der Waals surface area contributed by atoms with E-state index in [1.807, 2.05) is 38.3 Å². The van der Waals surface area contributed by atoms with Crippen LogP contribution in [0.15, 0.2) is 54.6 Å². The van der Waals surface area contributed by atoms with Gasteiger partial charge >= 0.3 is 5.97 Å². The molecule has 1 spiro atoms. The number of hydrogen-bond donors (Lipinski definition) is 2. The van der Waals surface area contributed by atoms with E-state index in [4.69, 9.17) is 19.4 Å². The van der Waals surface area contributed by atoms with Crippen LogP contribution in [0.4, 0.5) is 0 Å². The van der Waals surface area contributed by atoms with Gasteiger partial charge in [0, 0.05) is 85.8 Å². The highest BCUT2D eigenvalue weighted by atomic mass is 32.1. The van der Waals surface area contributed by atoms with Crippen LogP contribution in [-0.4, -0.2) is 117 Å². The van der Waals surface area contributed by atoms with E-state index >= 15 is 0 Å². The summed E-state index contributed by atoms with van der Waals surface area (Å²) < 4.78 is 14.0. The maximum absolute atomic E-state index is 14.6. The lowest BCUT2D eigenvalue weighted by Crippen LogP contribution is -2.64. The molecule has 8 rings (SSSR count). The quantitative estimate of drug-likeness (QED) is 0.182. The van der Waals surface area contributed by atoms with Crippen molar-refractivity contribution in [3.8, 4) is 22.5 Å². The second kappa shape index (κ2) is 17.3. The van der Waals surface area contributed by atoms with Gasteiger partial charge in [0.25, 0.3) is 5.91 Å². The van der Waals surface area contributed by atoms with Gasteiger partial charge in [0.1, 0.15) is 18.1 Å². The molecule has 334 valence electrons. The standard InChI is InChI=1S/C47H58N8O7S/c1-9-38(56)53-24-47(25-53)16-19-54(45(47)60)40(27(2)3)42(57)50-34-21-37-49-35(23-63-37)29-14-15-36-31(20-29)32(41(52(36)7)30-12-10-17-48-39(30)28(4)61-8)22-46(5,6)26-62-44(59)33-13-11-18-55(51-33)43(34)58/h9-10,12,14-15,17,20,23,27-28,33-34,40,51H,1,11,13,16,18-19,21-22,24-26H2,2-8H3,(H,50,57)/t28-,33-,34-,40-/m0/s1. The number of hydrogen-bond acceptors (Lipinski definition) is 11. The number of nitrogens with zero attached hydrogens (tertiary/aromatic N) is 6. The van der Waals surface area contributed by atoms with E-state index < -0.39 is 46.7 Å². The molecular weight excluding hydrogens is 821 g/mol. The van der Waals surface area contributed by atoms with Gasteiger partial charge in [-0.1, -0.05) is 40.3 Å². The molecule has 0 unspecified atom stereocenters. The largest absolute Gasteiger partial charge is 0.464 e. The third-order valence-electron chi connectivity index (χ3n) is 13.2. The minimum absolute atomic E-state index is 0.0858. The summed E-state index contributed by atoms with van der Waals surface area (Å²) in [6, 6.07) is 7.61. The van der Waals surface area contributed by atoms with Crippen molar-refractivity contribution >= 4 is 51.8 Å². The molecule has 63 heavy (non-hydrogen) atoms. The second-order valence-corrected chi connectivity index (χ2v) is 19.6. The maximum Gasteiger partial charge on any atom is 0.324 e. The SMILES string of the molecule is C=CC(=O)N1CC2(CCN([C@H](C(=O)N[C@H]3Cc4nc(cs4)-c4ccc5c(c4)c(c(-c4cccnc4[C@H](C)OC)n5C)CC(C)(C)COC(=O)[C@@H]4CCCN(N4)C3=O)C(C)C)C2=O)C1. The lowest BCUT2D eigenvalue weighted by atomic mass is 9.78. The van der Waals surface area contributed by atoms with Crippen molar-refractivity contribution in [3.05, 3.63) is 70.8 Å². The molecule has 0 radical (unpaired) electrons. The molecule has 1 aromatic carbocycles. The van der Waals surface area contributed by atoms with Crippen LogP contribution in [0.25, 0.3) is 33.4 Å². The monoisotopic (exact) mass is 878 g/mol. The third-order valence-corrected chi connectivity index (χ3v) is 14.1. The van der Waals surface area contributed by atoms with Gasteiger partial charge in [-0.3, -0.25) is 34.0 Å². The molecule has 4 aliphatic heterocycles. The zero-order chi connectivity index (χ0) is 45.0. The van der Waals surface area contributed by atoms with E-state index in [1.165, 1.54) is 22.4 Å². The number of methoxy groups -OCH3 is 1. The fourth-order valence-corrected chi connectivity index (χ4v) is 10.7. The van der Waals surface area contributed by atoms with Crippen molar-refractivity contribution in [3.63, 3.8) is 0 Å². The summed E-state index contributed by atoms with van der Waals surface area (Å²) >= 11 is 1.41. The summed E-state index contributed by atoms with van der Waals surface area (Å²) in [6.45, 7) is 14.9. The number of thiazole rings is 1. The van der Waals surface area contributed by atoms with Gasteiger partial charge in [-0.25, -0.2) is 10.4 Å². The fourth-order valence-electron chi connectivity index (χ4n) is 9.80. The predicted octanol–water partition coefficient (Wildman–Crippen LogP) is 4.99. The molecule has 4 amide bonds. The van der Waals surface area contributed by atoms with Gasteiger partial charge in [0.15, 0.2) is 0 Å². The number of likely N-dealkylation sites (tertiary alicyclic amines) is 2. The molecule has 7 heterocycles. The number of aromatic nitrogens is 3. The Bertz CT molecular complexity index is 2470. The molecular formula is C47H58N8O7S. The molecule has 4 aromatic rings. The van der Waals surface area contributed by atoms with E-state index in [0.717, 1.165) is 44.7 Å². The lowest BCUT2D eigenvalue weighted by Gasteiger charge is -2.46. The van der Waals surface area contributed by atoms with E-state index in [1.54, 1.807) is 23.1 Å². The number of benzene rings is 1. The molecule has 3 fully saturated rings. The van der Waals surface area contributed by atoms with Crippen molar-refractivity contribution in [2.75, 3.05) is 39.9 Å². The van der Waals surface area contributed by atoms with Crippen molar-refractivity contribution in [2.24, 2.45) is 23.8 Å². The van der Waals surface area contributed by atoms with E-state index in [9.17, 15) is 24.0 Å². The Balaban J connectivity index is 1.15. The van der Waals surface area contributed by atoms with Gasteiger partial charge in [0.05, 0.1) is 40.2 Å². The van der Waals surface area contributed by atoms with Crippen LogP contribution in [-0.2, 0) is 53.3 Å². The zero-order valence-corrected chi connectivity index (χ0v) is 38.0. The molecule has 0 aliphatic carbocycles. The van der Waals surface area contributed by atoms with Gasteiger partial charge in [-0.05, 0) is 74.4 Å². The Morgan fingerprint density at radius 2 is 1.90 bits per heavy atom. The first kappa shape index (κ1) is 44.2. The summed E-state index contributed by atoms with van der Waals surface area (Å²) in [5.41, 5.74) is 8.42. The Hall–Kier alpha value is -5.45.